The molecular weight excluding hydrogens is 374 g/mol. The van der Waals surface area contributed by atoms with Crippen LogP contribution in [0.5, 0.6) is 0 Å². The van der Waals surface area contributed by atoms with Crippen molar-refractivity contribution >= 4 is 22.6 Å². The molecule has 1 amide bonds. The standard InChI is InChI=1S/C24H31N5O/c1-16-26-22(14-23(27-16)29(2)3)21(28-24(30)17-9-5-4-6-10-17)13-18-15-25-20-12-8-7-11-19(18)20/h7-8,11-12,14-15,17,21,25H,4-6,9-10,13H2,1-3H3,(H,28,30)/t21-/m0/s1. The number of fused-ring (bicyclic) bond motifs is 1. The average Bonchev–Trinajstić information content (AvgIpc) is 3.16. The fourth-order valence-electron chi connectivity index (χ4n) is 4.39. The molecule has 3 aromatic rings. The van der Waals surface area contributed by atoms with E-state index in [2.05, 4.69) is 27.4 Å². The Bertz CT molecular complexity index is 1020. The Balaban J connectivity index is 1.66. The second kappa shape index (κ2) is 8.86. The third kappa shape index (κ3) is 4.48. The maximum absolute atomic E-state index is 13.1. The van der Waals surface area contributed by atoms with E-state index >= 15 is 0 Å². The number of aromatic amines is 1. The number of carbonyl (C=O) groups is 1. The van der Waals surface area contributed by atoms with E-state index in [-0.39, 0.29) is 17.9 Å². The number of nitrogens with zero attached hydrogens (tertiary/aromatic N) is 3. The van der Waals surface area contributed by atoms with Gasteiger partial charge in [-0.15, -0.1) is 0 Å². The monoisotopic (exact) mass is 405 g/mol. The number of para-hydroxylation sites is 1. The Kier molecular flexibility index (Phi) is 6.02. The third-order valence-electron chi connectivity index (χ3n) is 6.05. The van der Waals surface area contributed by atoms with Gasteiger partial charge in [0, 0.05) is 49.6 Å². The summed E-state index contributed by atoms with van der Waals surface area (Å²) in [5.74, 6) is 1.84. The Morgan fingerprint density at radius 1 is 1.20 bits per heavy atom. The maximum atomic E-state index is 13.1. The summed E-state index contributed by atoms with van der Waals surface area (Å²) in [4.78, 5) is 27.7. The minimum absolute atomic E-state index is 0.112. The van der Waals surface area contributed by atoms with E-state index < -0.39 is 0 Å². The number of anilines is 1. The highest BCUT2D eigenvalue weighted by molar-refractivity contribution is 5.83. The first-order valence-corrected chi connectivity index (χ1v) is 10.9. The molecule has 1 aliphatic carbocycles. The summed E-state index contributed by atoms with van der Waals surface area (Å²) in [6.07, 6.45) is 8.22. The molecule has 1 saturated carbocycles. The molecule has 4 rings (SSSR count). The predicted octanol–water partition coefficient (Wildman–Crippen LogP) is 4.31. The highest BCUT2D eigenvalue weighted by Crippen LogP contribution is 2.28. The SMILES string of the molecule is Cc1nc([C@H](Cc2c[nH]c3ccccc23)NC(=O)C2CCCCC2)cc(N(C)C)n1. The second-order valence-corrected chi connectivity index (χ2v) is 8.55. The van der Waals surface area contributed by atoms with Crippen molar-refractivity contribution in [3.8, 4) is 0 Å². The van der Waals surface area contributed by atoms with Crippen molar-refractivity contribution in [2.24, 2.45) is 5.92 Å². The minimum atomic E-state index is -0.195. The van der Waals surface area contributed by atoms with Crippen LogP contribution in [0.4, 0.5) is 5.82 Å². The lowest BCUT2D eigenvalue weighted by Gasteiger charge is -2.25. The lowest BCUT2D eigenvalue weighted by molar-refractivity contribution is -0.126. The summed E-state index contributed by atoms with van der Waals surface area (Å²) in [6, 6.07) is 10.1. The summed E-state index contributed by atoms with van der Waals surface area (Å²) in [5.41, 5.74) is 3.15. The maximum Gasteiger partial charge on any atom is 0.223 e. The van der Waals surface area contributed by atoms with Gasteiger partial charge in [-0.25, -0.2) is 9.97 Å². The molecule has 1 aliphatic rings. The predicted molar refractivity (Wildman–Crippen MR) is 121 cm³/mol. The first kappa shape index (κ1) is 20.4. The Hall–Kier alpha value is -2.89. The van der Waals surface area contributed by atoms with Gasteiger partial charge in [-0.2, -0.15) is 0 Å². The number of H-pyrrole nitrogens is 1. The molecule has 1 aromatic carbocycles. The third-order valence-corrected chi connectivity index (χ3v) is 6.05. The molecule has 1 fully saturated rings. The summed E-state index contributed by atoms with van der Waals surface area (Å²) < 4.78 is 0. The highest BCUT2D eigenvalue weighted by Gasteiger charge is 2.26. The molecule has 1 atom stereocenters. The number of amides is 1. The number of hydrogen-bond acceptors (Lipinski definition) is 4. The van der Waals surface area contributed by atoms with Crippen LogP contribution in [0.1, 0.15) is 55.2 Å². The van der Waals surface area contributed by atoms with Gasteiger partial charge in [0.15, 0.2) is 0 Å². The summed E-state index contributed by atoms with van der Waals surface area (Å²) in [7, 11) is 3.95. The summed E-state index contributed by atoms with van der Waals surface area (Å²) in [5, 5.41) is 4.53. The molecule has 6 nitrogen and oxygen atoms in total. The quantitative estimate of drug-likeness (QED) is 0.641. The van der Waals surface area contributed by atoms with E-state index in [0.29, 0.717) is 12.2 Å². The van der Waals surface area contributed by atoms with Crippen molar-refractivity contribution in [1.82, 2.24) is 20.3 Å². The molecule has 2 heterocycles. The van der Waals surface area contributed by atoms with Crippen molar-refractivity contribution in [2.75, 3.05) is 19.0 Å². The van der Waals surface area contributed by atoms with Gasteiger partial charge < -0.3 is 15.2 Å². The summed E-state index contributed by atoms with van der Waals surface area (Å²) in [6.45, 7) is 1.90. The number of rotatable bonds is 6. The van der Waals surface area contributed by atoms with Crippen molar-refractivity contribution in [3.05, 3.63) is 53.6 Å². The first-order valence-electron chi connectivity index (χ1n) is 10.9. The van der Waals surface area contributed by atoms with Gasteiger partial charge in [-0.1, -0.05) is 37.5 Å². The van der Waals surface area contributed by atoms with Gasteiger partial charge in [0.25, 0.3) is 0 Å². The van der Waals surface area contributed by atoms with E-state index in [4.69, 9.17) is 4.98 Å². The van der Waals surface area contributed by atoms with Crippen LogP contribution in [0, 0.1) is 12.8 Å². The lowest BCUT2D eigenvalue weighted by Crippen LogP contribution is -2.36. The zero-order valence-electron chi connectivity index (χ0n) is 18.1. The van der Waals surface area contributed by atoms with E-state index in [1.807, 2.05) is 50.3 Å². The number of hydrogen-bond donors (Lipinski definition) is 2. The van der Waals surface area contributed by atoms with Crippen LogP contribution < -0.4 is 10.2 Å². The topological polar surface area (TPSA) is 73.9 Å². The van der Waals surface area contributed by atoms with Crippen molar-refractivity contribution < 1.29 is 4.79 Å². The number of carbonyl (C=O) groups excluding carboxylic acids is 1. The normalized spacial score (nSPS) is 15.8. The minimum Gasteiger partial charge on any atom is -0.363 e. The van der Waals surface area contributed by atoms with Crippen molar-refractivity contribution in [2.45, 2.75) is 51.5 Å². The molecule has 2 aromatic heterocycles. The Labute approximate surface area is 178 Å². The van der Waals surface area contributed by atoms with Crippen LogP contribution in [-0.4, -0.2) is 35.0 Å². The van der Waals surface area contributed by atoms with E-state index in [1.54, 1.807) is 0 Å². The molecule has 0 radical (unpaired) electrons. The molecule has 0 aliphatic heterocycles. The number of aromatic nitrogens is 3. The van der Waals surface area contributed by atoms with Crippen LogP contribution in [0.3, 0.4) is 0 Å². The molecule has 0 unspecified atom stereocenters. The molecule has 6 heteroatoms. The molecule has 0 bridgehead atoms. The zero-order valence-corrected chi connectivity index (χ0v) is 18.1. The number of nitrogens with one attached hydrogen (secondary N) is 2. The Morgan fingerprint density at radius 3 is 2.73 bits per heavy atom. The van der Waals surface area contributed by atoms with Gasteiger partial charge in [0.05, 0.1) is 11.7 Å². The van der Waals surface area contributed by atoms with Crippen molar-refractivity contribution in [3.63, 3.8) is 0 Å². The highest BCUT2D eigenvalue weighted by atomic mass is 16.1. The molecule has 0 spiro atoms. The van der Waals surface area contributed by atoms with Crippen molar-refractivity contribution in [1.29, 1.82) is 0 Å². The van der Waals surface area contributed by atoms with E-state index in [0.717, 1.165) is 42.7 Å². The first-order chi connectivity index (χ1) is 14.5. The fourth-order valence-corrected chi connectivity index (χ4v) is 4.39. The molecular formula is C24H31N5O. The lowest BCUT2D eigenvalue weighted by atomic mass is 9.88. The van der Waals surface area contributed by atoms with Crippen LogP contribution in [0.2, 0.25) is 0 Å². The van der Waals surface area contributed by atoms with E-state index in [9.17, 15) is 4.79 Å². The molecule has 2 N–H and O–H groups in total. The zero-order chi connectivity index (χ0) is 21.1. The number of aryl methyl sites for hydroxylation is 1. The van der Waals surface area contributed by atoms with Gasteiger partial charge in [0.1, 0.15) is 11.6 Å². The summed E-state index contributed by atoms with van der Waals surface area (Å²) >= 11 is 0. The smallest absolute Gasteiger partial charge is 0.223 e. The van der Waals surface area contributed by atoms with Crippen LogP contribution >= 0.6 is 0 Å². The van der Waals surface area contributed by atoms with Gasteiger partial charge in [-0.05, 0) is 31.4 Å². The largest absolute Gasteiger partial charge is 0.363 e. The fraction of sp³-hybridized carbons (Fsp3) is 0.458. The van der Waals surface area contributed by atoms with Gasteiger partial charge in [0.2, 0.25) is 5.91 Å². The van der Waals surface area contributed by atoms with Crippen LogP contribution in [0.15, 0.2) is 36.5 Å². The average molecular weight is 406 g/mol. The molecule has 158 valence electrons. The van der Waals surface area contributed by atoms with Gasteiger partial charge in [-0.3, -0.25) is 4.79 Å². The number of benzene rings is 1. The van der Waals surface area contributed by atoms with Crippen LogP contribution in [0.25, 0.3) is 10.9 Å². The molecule has 0 saturated heterocycles. The van der Waals surface area contributed by atoms with Gasteiger partial charge >= 0.3 is 0 Å². The molecule has 30 heavy (non-hydrogen) atoms. The van der Waals surface area contributed by atoms with E-state index in [1.165, 1.54) is 17.4 Å². The van der Waals surface area contributed by atoms with Crippen LogP contribution in [-0.2, 0) is 11.2 Å². The second-order valence-electron chi connectivity index (χ2n) is 8.55. The Morgan fingerprint density at radius 2 is 1.97 bits per heavy atom.